The molecule has 4 nitrogen and oxygen atoms in total. The van der Waals surface area contributed by atoms with Gasteiger partial charge in [-0.2, -0.15) is 4.31 Å². The van der Waals surface area contributed by atoms with Gasteiger partial charge in [0, 0.05) is 13.2 Å². The molecule has 0 N–H and O–H groups in total. The SMILES string of the molecule is Cc1ccc(S(=O)(=O)N2C[C@H](C)OCC[C@@H]2c2ccccc2)cc1. The van der Waals surface area contributed by atoms with Crippen LogP contribution in [0.1, 0.15) is 30.5 Å². The summed E-state index contributed by atoms with van der Waals surface area (Å²) in [5, 5.41) is 0. The normalized spacial score (nSPS) is 22.9. The second kappa shape index (κ2) is 7.05. The van der Waals surface area contributed by atoms with Crippen molar-refractivity contribution in [2.75, 3.05) is 13.2 Å². The molecule has 2 aromatic rings. The minimum atomic E-state index is -3.58. The average molecular weight is 345 g/mol. The zero-order valence-corrected chi connectivity index (χ0v) is 14.9. The van der Waals surface area contributed by atoms with Gasteiger partial charge in [-0.3, -0.25) is 0 Å². The van der Waals surface area contributed by atoms with Crippen molar-refractivity contribution in [2.24, 2.45) is 0 Å². The molecule has 128 valence electrons. The van der Waals surface area contributed by atoms with Crippen LogP contribution >= 0.6 is 0 Å². The zero-order valence-electron chi connectivity index (χ0n) is 14.1. The number of sulfonamides is 1. The van der Waals surface area contributed by atoms with Gasteiger partial charge in [0.15, 0.2) is 0 Å². The van der Waals surface area contributed by atoms with E-state index in [2.05, 4.69) is 0 Å². The lowest BCUT2D eigenvalue weighted by Crippen LogP contribution is -2.38. The minimum Gasteiger partial charge on any atom is -0.377 e. The Morgan fingerprint density at radius 1 is 1.04 bits per heavy atom. The highest BCUT2D eigenvalue weighted by Gasteiger charge is 2.35. The Kier molecular flexibility index (Phi) is 5.04. The van der Waals surface area contributed by atoms with Crippen LogP contribution in [0.4, 0.5) is 0 Å². The summed E-state index contributed by atoms with van der Waals surface area (Å²) in [6.07, 6.45) is 0.526. The summed E-state index contributed by atoms with van der Waals surface area (Å²) >= 11 is 0. The molecule has 5 heteroatoms. The van der Waals surface area contributed by atoms with Crippen LogP contribution in [-0.2, 0) is 14.8 Å². The van der Waals surface area contributed by atoms with Gasteiger partial charge in [0.2, 0.25) is 10.0 Å². The van der Waals surface area contributed by atoms with Crippen LogP contribution in [0.25, 0.3) is 0 Å². The Balaban J connectivity index is 2.03. The third-order valence-electron chi connectivity index (χ3n) is 4.39. The van der Waals surface area contributed by atoms with E-state index in [9.17, 15) is 8.42 Å². The summed E-state index contributed by atoms with van der Waals surface area (Å²) in [7, 11) is -3.58. The van der Waals surface area contributed by atoms with Crippen LogP contribution in [0.5, 0.6) is 0 Å². The van der Waals surface area contributed by atoms with Gasteiger partial charge >= 0.3 is 0 Å². The third-order valence-corrected chi connectivity index (χ3v) is 6.28. The molecule has 24 heavy (non-hydrogen) atoms. The van der Waals surface area contributed by atoms with E-state index in [4.69, 9.17) is 4.74 Å². The maximum absolute atomic E-state index is 13.3. The molecular formula is C19H23NO3S. The molecule has 0 bridgehead atoms. The standard InChI is InChI=1S/C19H23NO3S/c1-15-8-10-18(11-9-15)24(21,22)20-14-16(2)23-13-12-19(20)17-6-4-3-5-7-17/h3-11,16,19H,12-14H2,1-2H3/t16-,19+/m0/s1. The maximum Gasteiger partial charge on any atom is 0.243 e. The average Bonchev–Trinajstić information content (AvgIpc) is 2.78. The van der Waals surface area contributed by atoms with E-state index >= 15 is 0 Å². The lowest BCUT2D eigenvalue weighted by Gasteiger charge is -2.30. The first-order valence-electron chi connectivity index (χ1n) is 8.23. The lowest BCUT2D eigenvalue weighted by molar-refractivity contribution is 0.0752. The van der Waals surface area contributed by atoms with Crippen molar-refractivity contribution < 1.29 is 13.2 Å². The van der Waals surface area contributed by atoms with E-state index in [1.54, 1.807) is 16.4 Å². The summed E-state index contributed by atoms with van der Waals surface area (Å²) in [5.41, 5.74) is 2.05. The Hall–Kier alpha value is -1.69. The van der Waals surface area contributed by atoms with Crippen molar-refractivity contribution in [1.82, 2.24) is 4.31 Å². The lowest BCUT2D eigenvalue weighted by atomic mass is 10.0. The largest absolute Gasteiger partial charge is 0.377 e. The second-order valence-corrected chi connectivity index (χ2v) is 8.17. The number of nitrogens with zero attached hydrogens (tertiary/aromatic N) is 1. The Morgan fingerprint density at radius 2 is 1.71 bits per heavy atom. The van der Waals surface area contributed by atoms with Crippen LogP contribution in [0.3, 0.4) is 0 Å². The van der Waals surface area contributed by atoms with E-state index in [1.165, 1.54) is 0 Å². The van der Waals surface area contributed by atoms with Gasteiger partial charge in [-0.25, -0.2) is 8.42 Å². The summed E-state index contributed by atoms with van der Waals surface area (Å²) in [6, 6.07) is 16.6. The molecule has 3 rings (SSSR count). The molecular weight excluding hydrogens is 322 g/mol. The molecule has 1 saturated heterocycles. The number of hydrogen-bond acceptors (Lipinski definition) is 3. The van der Waals surface area contributed by atoms with Gasteiger partial charge in [-0.1, -0.05) is 48.0 Å². The highest BCUT2D eigenvalue weighted by atomic mass is 32.2. The minimum absolute atomic E-state index is 0.126. The number of aryl methyl sites for hydroxylation is 1. The summed E-state index contributed by atoms with van der Waals surface area (Å²) in [6.45, 7) is 4.78. The van der Waals surface area contributed by atoms with Gasteiger partial charge in [0.1, 0.15) is 0 Å². The van der Waals surface area contributed by atoms with Crippen LogP contribution in [0.2, 0.25) is 0 Å². The van der Waals surface area contributed by atoms with Crippen molar-refractivity contribution in [1.29, 1.82) is 0 Å². The molecule has 0 aromatic heterocycles. The van der Waals surface area contributed by atoms with Gasteiger partial charge < -0.3 is 4.74 Å². The van der Waals surface area contributed by atoms with Crippen molar-refractivity contribution >= 4 is 10.0 Å². The Morgan fingerprint density at radius 3 is 2.38 bits per heavy atom. The predicted molar refractivity (Wildman–Crippen MR) is 94.3 cm³/mol. The number of hydrogen-bond donors (Lipinski definition) is 0. The topological polar surface area (TPSA) is 46.6 Å². The van der Waals surface area contributed by atoms with Crippen LogP contribution < -0.4 is 0 Å². The van der Waals surface area contributed by atoms with Gasteiger partial charge in [-0.15, -0.1) is 0 Å². The van der Waals surface area contributed by atoms with Crippen LogP contribution in [0.15, 0.2) is 59.5 Å². The number of ether oxygens (including phenoxy) is 1. The molecule has 0 radical (unpaired) electrons. The van der Waals surface area contributed by atoms with Crippen molar-refractivity contribution in [2.45, 2.75) is 37.3 Å². The van der Waals surface area contributed by atoms with Crippen molar-refractivity contribution in [3.8, 4) is 0 Å². The molecule has 2 atom stereocenters. The zero-order chi connectivity index (χ0) is 17.2. The first kappa shape index (κ1) is 17.1. The smallest absolute Gasteiger partial charge is 0.243 e. The van der Waals surface area contributed by atoms with Gasteiger partial charge in [-0.05, 0) is 38.0 Å². The van der Waals surface area contributed by atoms with Crippen molar-refractivity contribution in [3.63, 3.8) is 0 Å². The molecule has 2 aromatic carbocycles. The first-order chi connectivity index (χ1) is 11.5. The third kappa shape index (κ3) is 3.53. The van der Waals surface area contributed by atoms with Crippen LogP contribution in [-0.4, -0.2) is 32.0 Å². The van der Waals surface area contributed by atoms with E-state index in [0.29, 0.717) is 24.5 Å². The number of benzene rings is 2. The predicted octanol–water partition coefficient (Wildman–Crippen LogP) is 3.54. The monoisotopic (exact) mass is 345 g/mol. The molecule has 1 heterocycles. The maximum atomic E-state index is 13.3. The molecule has 0 saturated carbocycles. The molecule has 0 aliphatic carbocycles. The fourth-order valence-electron chi connectivity index (χ4n) is 3.08. The molecule has 0 amide bonds. The van der Waals surface area contributed by atoms with E-state index in [1.807, 2.05) is 56.3 Å². The quantitative estimate of drug-likeness (QED) is 0.855. The molecule has 1 fully saturated rings. The summed E-state index contributed by atoms with van der Waals surface area (Å²) in [4.78, 5) is 0.336. The van der Waals surface area contributed by atoms with E-state index in [0.717, 1.165) is 11.1 Å². The van der Waals surface area contributed by atoms with Crippen molar-refractivity contribution in [3.05, 3.63) is 65.7 Å². The molecule has 1 aliphatic heterocycles. The fraction of sp³-hybridized carbons (Fsp3) is 0.368. The molecule has 0 unspecified atom stereocenters. The highest BCUT2D eigenvalue weighted by molar-refractivity contribution is 7.89. The van der Waals surface area contributed by atoms with Gasteiger partial charge in [0.25, 0.3) is 0 Å². The summed E-state index contributed by atoms with van der Waals surface area (Å²) in [5.74, 6) is 0. The fourth-order valence-corrected chi connectivity index (χ4v) is 4.80. The van der Waals surface area contributed by atoms with Gasteiger partial charge in [0.05, 0.1) is 17.0 Å². The first-order valence-corrected chi connectivity index (χ1v) is 9.67. The summed E-state index contributed by atoms with van der Waals surface area (Å²) < 4.78 is 33.8. The van der Waals surface area contributed by atoms with E-state index in [-0.39, 0.29) is 12.1 Å². The van der Waals surface area contributed by atoms with Crippen LogP contribution in [0, 0.1) is 6.92 Å². The Labute approximate surface area is 144 Å². The highest BCUT2D eigenvalue weighted by Crippen LogP contribution is 2.32. The van der Waals surface area contributed by atoms with E-state index < -0.39 is 10.0 Å². The molecule has 1 aliphatic rings. The molecule has 0 spiro atoms. The Bertz CT molecular complexity index is 772. The number of rotatable bonds is 3. The second-order valence-electron chi connectivity index (χ2n) is 6.28.